The van der Waals surface area contributed by atoms with Gasteiger partial charge in [-0.2, -0.15) is 0 Å². The molecule has 0 saturated heterocycles. The second-order valence-electron chi connectivity index (χ2n) is 5.87. The zero-order chi connectivity index (χ0) is 20.8. The third-order valence-electron chi connectivity index (χ3n) is 4.02. The van der Waals surface area contributed by atoms with Crippen LogP contribution in [0.4, 0.5) is 5.69 Å². The van der Waals surface area contributed by atoms with Gasteiger partial charge in [-0.3, -0.25) is 9.59 Å². The number of anilines is 1. The summed E-state index contributed by atoms with van der Waals surface area (Å²) in [6.07, 6.45) is 0. The Bertz CT molecular complexity index is 1020. The van der Waals surface area contributed by atoms with Crippen molar-refractivity contribution in [1.29, 1.82) is 0 Å². The average molecular weight is 413 g/mol. The SMILES string of the molecule is COc1ccc(C(N)=O)cc1NC(=O)c1ccc(OCc2cscn2)c(OC)c1. The smallest absolute Gasteiger partial charge is 0.255 e. The normalized spacial score (nSPS) is 10.3. The number of amides is 2. The molecule has 0 fully saturated rings. The van der Waals surface area contributed by atoms with E-state index in [-0.39, 0.29) is 5.56 Å². The number of nitrogens with one attached hydrogen (secondary N) is 1. The van der Waals surface area contributed by atoms with Crippen LogP contribution in [0.25, 0.3) is 0 Å². The van der Waals surface area contributed by atoms with Gasteiger partial charge in [0, 0.05) is 16.5 Å². The standard InChI is InChI=1S/C20H19N3O5S/c1-26-16-5-3-12(19(21)24)7-15(16)23-20(25)13-4-6-17(18(8-13)27-2)28-9-14-10-29-11-22-14/h3-8,10-11H,9H2,1-2H3,(H2,21,24)(H,23,25). The molecule has 0 atom stereocenters. The number of hydrogen-bond donors (Lipinski definition) is 2. The molecule has 0 aliphatic heterocycles. The molecule has 2 aromatic carbocycles. The predicted octanol–water partition coefficient (Wildman–Crippen LogP) is 3.09. The monoisotopic (exact) mass is 413 g/mol. The molecule has 3 aromatic rings. The van der Waals surface area contributed by atoms with Crippen LogP contribution in [-0.4, -0.2) is 31.0 Å². The van der Waals surface area contributed by atoms with Gasteiger partial charge in [0.05, 0.1) is 31.1 Å². The van der Waals surface area contributed by atoms with E-state index >= 15 is 0 Å². The van der Waals surface area contributed by atoms with E-state index in [9.17, 15) is 9.59 Å². The second kappa shape index (κ2) is 9.07. The Kier molecular flexibility index (Phi) is 6.30. The molecule has 2 amide bonds. The van der Waals surface area contributed by atoms with Crippen LogP contribution in [0, 0.1) is 0 Å². The minimum Gasteiger partial charge on any atom is -0.495 e. The summed E-state index contributed by atoms with van der Waals surface area (Å²) >= 11 is 1.48. The van der Waals surface area contributed by atoms with E-state index in [0.29, 0.717) is 35.1 Å². The highest BCUT2D eigenvalue weighted by Crippen LogP contribution is 2.30. The van der Waals surface area contributed by atoms with Gasteiger partial charge in [-0.25, -0.2) is 4.98 Å². The summed E-state index contributed by atoms with van der Waals surface area (Å²) in [4.78, 5) is 28.3. The maximum atomic E-state index is 12.7. The number of rotatable bonds is 8. The first-order chi connectivity index (χ1) is 14.0. The quantitative estimate of drug-likeness (QED) is 0.587. The number of hydrogen-bond acceptors (Lipinski definition) is 7. The van der Waals surface area contributed by atoms with Crippen molar-refractivity contribution in [2.75, 3.05) is 19.5 Å². The van der Waals surface area contributed by atoms with Crippen LogP contribution in [0.2, 0.25) is 0 Å². The van der Waals surface area contributed by atoms with E-state index in [0.717, 1.165) is 5.69 Å². The molecule has 0 saturated carbocycles. The van der Waals surface area contributed by atoms with Gasteiger partial charge >= 0.3 is 0 Å². The summed E-state index contributed by atoms with van der Waals surface area (Å²) < 4.78 is 16.3. The fourth-order valence-electron chi connectivity index (χ4n) is 2.54. The zero-order valence-electron chi connectivity index (χ0n) is 15.8. The minimum absolute atomic E-state index is 0.254. The van der Waals surface area contributed by atoms with Crippen LogP contribution in [-0.2, 0) is 6.61 Å². The molecule has 150 valence electrons. The summed E-state index contributed by atoms with van der Waals surface area (Å²) in [5.41, 5.74) is 8.77. The Labute approximate surface area is 171 Å². The maximum Gasteiger partial charge on any atom is 0.255 e. The largest absolute Gasteiger partial charge is 0.495 e. The highest BCUT2D eigenvalue weighted by molar-refractivity contribution is 7.07. The lowest BCUT2D eigenvalue weighted by Gasteiger charge is -2.13. The summed E-state index contributed by atoms with van der Waals surface area (Å²) in [6.45, 7) is 0.294. The fourth-order valence-corrected chi connectivity index (χ4v) is 3.09. The van der Waals surface area contributed by atoms with Crippen molar-refractivity contribution in [2.45, 2.75) is 6.61 Å². The van der Waals surface area contributed by atoms with E-state index in [1.807, 2.05) is 5.38 Å². The molecule has 29 heavy (non-hydrogen) atoms. The number of benzene rings is 2. The predicted molar refractivity (Wildman–Crippen MR) is 109 cm³/mol. The molecule has 9 heteroatoms. The molecule has 3 rings (SSSR count). The topological polar surface area (TPSA) is 113 Å². The lowest BCUT2D eigenvalue weighted by molar-refractivity contribution is 0.0996. The first kappa shape index (κ1) is 20.2. The Morgan fingerprint density at radius 3 is 2.41 bits per heavy atom. The summed E-state index contributed by atoms with van der Waals surface area (Å²) in [5.74, 6) is 0.287. The lowest BCUT2D eigenvalue weighted by Crippen LogP contribution is -2.15. The van der Waals surface area contributed by atoms with Crippen LogP contribution in [0.15, 0.2) is 47.3 Å². The third kappa shape index (κ3) is 4.82. The maximum absolute atomic E-state index is 12.7. The lowest BCUT2D eigenvalue weighted by atomic mass is 10.1. The van der Waals surface area contributed by atoms with Crippen molar-refractivity contribution in [3.63, 3.8) is 0 Å². The number of primary amides is 1. The molecule has 0 aliphatic carbocycles. The van der Waals surface area contributed by atoms with Crippen LogP contribution < -0.4 is 25.3 Å². The number of carbonyl (C=O) groups is 2. The van der Waals surface area contributed by atoms with Crippen LogP contribution in [0.3, 0.4) is 0 Å². The van der Waals surface area contributed by atoms with Gasteiger partial charge < -0.3 is 25.3 Å². The first-order valence-electron chi connectivity index (χ1n) is 8.49. The summed E-state index contributed by atoms with van der Waals surface area (Å²) in [5, 5.41) is 4.61. The Morgan fingerprint density at radius 2 is 1.76 bits per heavy atom. The van der Waals surface area contributed by atoms with Crippen LogP contribution in [0.1, 0.15) is 26.4 Å². The van der Waals surface area contributed by atoms with E-state index in [2.05, 4.69) is 10.3 Å². The van der Waals surface area contributed by atoms with E-state index in [1.54, 1.807) is 29.8 Å². The molecule has 0 radical (unpaired) electrons. The molecular weight excluding hydrogens is 394 g/mol. The number of nitrogens with zero attached hydrogens (tertiary/aromatic N) is 1. The highest BCUT2D eigenvalue weighted by atomic mass is 32.1. The Hall–Kier alpha value is -3.59. The van der Waals surface area contributed by atoms with Crippen molar-refractivity contribution in [2.24, 2.45) is 5.73 Å². The van der Waals surface area contributed by atoms with Crippen molar-refractivity contribution in [1.82, 2.24) is 4.98 Å². The van der Waals surface area contributed by atoms with Gasteiger partial charge in [0.25, 0.3) is 5.91 Å². The number of methoxy groups -OCH3 is 2. The van der Waals surface area contributed by atoms with Crippen molar-refractivity contribution >= 4 is 28.8 Å². The number of nitrogens with two attached hydrogens (primary N) is 1. The average Bonchev–Trinajstić information content (AvgIpc) is 3.25. The van der Waals surface area contributed by atoms with E-state index in [4.69, 9.17) is 19.9 Å². The number of thiazole rings is 1. The molecule has 0 unspecified atom stereocenters. The van der Waals surface area contributed by atoms with Crippen molar-refractivity contribution in [3.05, 3.63) is 64.1 Å². The molecule has 8 nitrogen and oxygen atoms in total. The van der Waals surface area contributed by atoms with Gasteiger partial charge in [-0.05, 0) is 36.4 Å². The van der Waals surface area contributed by atoms with Crippen molar-refractivity contribution in [3.8, 4) is 17.2 Å². The highest BCUT2D eigenvalue weighted by Gasteiger charge is 2.15. The molecule has 0 spiro atoms. The van der Waals surface area contributed by atoms with E-state index < -0.39 is 11.8 Å². The van der Waals surface area contributed by atoms with Gasteiger partial charge in [0.2, 0.25) is 5.91 Å². The summed E-state index contributed by atoms with van der Waals surface area (Å²) in [6, 6.07) is 9.37. The van der Waals surface area contributed by atoms with Crippen LogP contribution >= 0.6 is 11.3 Å². The number of carbonyl (C=O) groups excluding carboxylic acids is 2. The first-order valence-corrected chi connectivity index (χ1v) is 9.43. The molecule has 1 aromatic heterocycles. The number of ether oxygens (including phenoxy) is 3. The molecule has 1 heterocycles. The second-order valence-corrected chi connectivity index (χ2v) is 6.59. The molecule has 0 aliphatic rings. The Morgan fingerprint density at radius 1 is 1.03 bits per heavy atom. The molecule has 0 bridgehead atoms. The van der Waals surface area contributed by atoms with Gasteiger partial charge in [0.1, 0.15) is 12.4 Å². The van der Waals surface area contributed by atoms with Gasteiger partial charge in [-0.1, -0.05) is 0 Å². The van der Waals surface area contributed by atoms with Crippen LogP contribution in [0.5, 0.6) is 17.2 Å². The van der Waals surface area contributed by atoms with Crippen molar-refractivity contribution < 1.29 is 23.8 Å². The van der Waals surface area contributed by atoms with E-state index in [1.165, 1.54) is 37.7 Å². The van der Waals surface area contributed by atoms with Gasteiger partial charge in [0.15, 0.2) is 11.5 Å². The molecule has 3 N–H and O–H groups in total. The fraction of sp³-hybridized carbons (Fsp3) is 0.150. The minimum atomic E-state index is -0.605. The zero-order valence-corrected chi connectivity index (χ0v) is 16.6. The van der Waals surface area contributed by atoms with Gasteiger partial charge in [-0.15, -0.1) is 11.3 Å². The number of aromatic nitrogens is 1. The third-order valence-corrected chi connectivity index (χ3v) is 4.65. The molecular formula is C20H19N3O5S. The summed E-state index contributed by atoms with van der Waals surface area (Å²) in [7, 11) is 2.96. The Balaban J connectivity index is 1.79.